The minimum Gasteiger partial charge on any atom is -0.395 e. The molecule has 33 heavy (non-hydrogen) atoms. The van der Waals surface area contributed by atoms with Gasteiger partial charge < -0.3 is 20.4 Å². The van der Waals surface area contributed by atoms with Gasteiger partial charge >= 0.3 is 0 Å². The third-order valence-corrected chi connectivity index (χ3v) is 7.18. The highest BCUT2D eigenvalue weighted by atomic mass is 16.3. The van der Waals surface area contributed by atoms with Gasteiger partial charge in [0.2, 0.25) is 0 Å². The lowest BCUT2D eigenvalue weighted by Crippen LogP contribution is -2.55. The van der Waals surface area contributed by atoms with Gasteiger partial charge in [0.15, 0.2) is 0 Å². The van der Waals surface area contributed by atoms with E-state index in [-0.39, 0.29) is 11.8 Å². The molecule has 2 rings (SSSR count). The normalized spacial score (nSPS) is 13.1. The fraction of sp³-hybridized carbons (Fsp3) is 0.586. The zero-order valence-electron chi connectivity index (χ0n) is 21.7. The van der Waals surface area contributed by atoms with Gasteiger partial charge in [0.1, 0.15) is 5.60 Å². The molecule has 0 amide bonds. The largest absolute Gasteiger partial charge is 0.395 e. The highest BCUT2D eigenvalue weighted by Gasteiger charge is 2.54. The summed E-state index contributed by atoms with van der Waals surface area (Å²) in [6, 6.07) is 12.1. The van der Waals surface area contributed by atoms with Gasteiger partial charge in [-0.05, 0) is 57.1 Å². The summed E-state index contributed by atoms with van der Waals surface area (Å²) in [5, 5.41) is 44.2. The second-order valence-corrected chi connectivity index (χ2v) is 10.8. The first-order chi connectivity index (χ1) is 15.4. The number of rotatable bonds is 10. The average Bonchev–Trinajstić information content (AvgIpc) is 2.79. The summed E-state index contributed by atoms with van der Waals surface area (Å²) < 4.78 is 0. The van der Waals surface area contributed by atoms with Crippen LogP contribution in [0.25, 0.3) is 0 Å². The Labute approximate surface area is 200 Å². The highest BCUT2D eigenvalue weighted by Crippen LogP contribution is 2.50. The number of aliphatic hydroxyl groups is 4. The fourth-order valence-corrected chi connectivity index (χ4v) is 4.70. The van der Waals surface area contributed by atoms with Gasteiger partial charge in [0.05, 0.1) is 25.2 Å². The predicted octanol–water partition coefficient (Wildman–Crippen LogP) is 5.38. The molecule has 0 saturated heterocycles. The molecule has 0 radical (unpaired) electrons. The molecule has 0 spiro atoms. The molecule has 4 heteroatoms. The average molecular weight is 457 g/mol. The molecule has 0 aliphatic rings. The Morgan fingerprint density at radius 2 is 0.909 bits per heavy atom. The topological polar surface area (TPSA) is 80.9 Å². The lowest BCUT2D eigenvalue weighted by Gasteiger charge is -2.47. The summed E-state index contributed by atoms with van der Waals surface area (Å²) in [4.78, 5) is 0. The van der Waals surface area contributed by atoms with E-state index in [1.54, 1.807) is 0 Å². The Morgan fingerprint density at radius 3 is 1.15 bits per heavy atom. The van der Waals surface area contributed by atoms with Crippen molar-refractivity contribution in [1.29, 1.82) is 0 Å². The molecule has 0 heterocycles. The Morgan fingerprint density at radius 1 is 0.576 bits per heavy atom. The number of benzene rings is 2. The van der Waals surface area contributed by atoms with Crippen molar-refractivity contribution in [2.75, 3.05) is 19.8 Å². The van der Waals surface area contributed by atoms with Crippen LogP contribution >= 0.6 is 0 Å². The van der Waals surface area contributed by atoms with Crippen molar-refractivity contribution in [3.05, 3.63) is 69.8 Å². The van der Waals surface area contributed by atoms with Crippen LogP contribution < -0.4 is 0 Å². The minimum absolute atomic E-state index is 0.0939. The number of hydrogen-bond acceptors (Lipinski definition) is 4. The molecule has 0 aromatic heterocycles. The molecule has 0 fully saturated rings. The maximum Gasteiger partial charge on any atom is 0.127 e. The van der Waals surface area contributed by atoms with E-state index < -0.39 is 30.8 Å². The second-order valence-electron chi connectivity index (χ2n) is 10.8. The van der Waals surface area contributed by atoms with E-state index in [2.05, 4.69) is 67.5 Å². The zero-order chi connectivity index (χ0) is 25.1. The number of aliphatic hydroxyl groups excluding tert-OH is 3. The Balaban J connectivity index is 3.04. The Kier molecular flexibility index (Phi) is 8.92. The van der Waals surface area contributed by atoms with Gasteiger partial charge in [0, 0.05) is 0 Å². The van der Waals surface area contributed by atoms with Crippen molar-refractivity contribution < 1.29 is 20.4 Å². The summed E-state index contributed by atoms with van der Waals surface area (Å²) in [6.45, 7) is 15.1. The lowest BCUT2D eigenvalue weighted by molar-refractivity contribution is -0.136. The molecule has 184 valence electrons. The van der Waals surface area contributed by atoms with Crippen LogP contribution in [0.5, 0.6) is 0 Å². The van der Waals surface area contributed by atoms with Crippen LogP contribution in [0.4, 0.5) is 0 Å². The van der Waals surface area contributed by atoms with Gasteiger partial charge in [-0.3, -0.25) is 0 Å². The van der Waals surface area contributed by atoms with Gasteiger partial charge in [0.25, 0.3) is 0 Å². The van der Waals surface area contributed by atoms with E-state index >= 15 is 0 Å². The smallest absolute Gasteiger partial charge is 0.127 e. The first kappa shape index (κ1) is 27.5. The van der Waals surface area contributed by atoms with Crippen molar-refractivity contribution in [1.82, 2.24) is 0 Å². The summed E-state index contributed by atoms with van der Waals surface area (Å²) >= 11 is 0. The molecule has 0 atom stereocenters. The predicted molar refractivity (Wildman–Crippen MR) is 136 cm³/mol. The monoisotopic (exact) mass is 456 g/mol. The molecule has 4 nitrogen and oxygen atoms in total. The SMILES string of the molecule is CC(C)c1ccc(C(O)(c2ccc(C(C)C)cc2C(C)C)C(CO)(CO)CO)c(C(C)C)c1. The number of hydrogen-bond donors (Lipinski definition) is 4. The molecule has 0 saturated carbocycles. The van der Waals surface area contributed by atoms with E-state index in [4.69, 9.17) is 0 Å². The van der Waals surface area contributed by atoms with E-state index in [0.717, 1.165) is 22.3 Å². The van der Waals surface area contributed by atoms with Crippen molar-refractivity contribution in [3.8, 4) is 0 Å². The van der Waals surface area contributed by atoms with E-state index in [0.29, 0.717) is 23.0 Å². The highest BCUT2D eigenvalue weighted by molar-refractivity contribution is 5.51. The summed E-state index contributed by atoms with van der Waals surface area (Å²) in [7, 11) is 0. The van der Waals surface area contributed by atoms with Crippen molar-refractivity contribution in [2.45, 2.75) is 84.7 Å². The lowest BCUT2D eigenvalue weighted by atomic mass is 9.62. The van der Waals surface area contributed by atoms with Crippen LogP contribution in [0.3, 0.4) is 0 Å². The van der Waals surface area contributed by atoms with Crippen molar-refractivity contribution >= 4 is 0 Å². The molecule has 0 bridgehead atoms. The maximum absolute atomic E-state index is 12.7. The minimum atomic E-state index is -1.80. The summed E-state index contributed by atoms with van der Waals surface area (Å²) in [5.41, 5.74) is 2.10. The van der Waals surface area contributed by atoms with Crippen LogP contribution in [0.15, 0.2) is 36.4 Å². The van der Waals surface area contributed by atoms with Gasteiger partial charge in [-0.25, -0.2) is 0 Å². The van der Waals surface area contributed by atoms with Gasteiger partial charge in [-0.2, -0.15) is 0 Å². The summed E-state index contributed by atoms with van der Waals surface area (Å²) in [6.07, 6.45) is 0. The van der Waals surface area contributed by atoms with E-state index in [1.165, 1.54) is 0 Å². The van der Waals surface area contributed by atoms with Crippen LogP contribution in [-0.4, -0.2) is 40.2 Å². The third kappa shape index (κ3) is 4.90. The van der Waals surface area contributed by atoms with Gasteiger partial charge in [-0.15, -0.1) is 0 Å². The van der Waals surface area contributed by atoms with Gasteiger partial charge in [-0.1, -0.05) is 91.8 Å². The van der Waals surface area contributed by atoms with Crippen LogP contribution in [-0.2, 0) is 5.60 Å². The zero-order valence-corrected chi connectivity index (χ0v) is 21.7. The molecule has 4 N–H and O–H groups in total. The van der Waals surface area contributed by atoms with E-state index in [9.17, 15) is 20.4 Å². The van der Waals surface area contributed by atoms with Crippen molar-refractivity contribution in [2.24, 2.45) is 5.41 Å². The quantitative estimate of drug-likeness (QED) is 0.387. The summed E-state index contributed by atoms with van der Waals surface area (Å²) in [5.74, 6) is 0.826. The van der Waals surface area contributed by atoms with Crippen LogP contribution in [0, 0.1) is 5.41 Å². The Bertz CT molecular complexity index is 851. The molecule has 2 aromatic carbocycles. The first-order valence-electron chi connectivity index (χ1n) is 12.2. The first-order valence-corrected chi connectivity index (χ1v) is 12.2. The molecule has 0 unspecified atom stereocenters. The molecule has 0 aliphatic heterocycles. The molecule has 0 aliphatic carbocycles. The molecular weight excluding hydrogens is 412 g/mol. The third-order valence-electron chi connectivity index (χ3n) is 7.18. The standard InChI is InChI=1S/C29H44O4/c1-18(2)22-9-11-26(24(13-22)20(5)6)29(33,28(15-30,16-31)17-32)27-12-10-23(19(3)4)14-25(27)21(7)8/h9-14,18-21,30-33H,15-17H2,1-8H3. The second kappa shape index (κ2) is 10.7. The van der Waals surface area contributed by atoms with Crippen LogP contribution in [0.2, 0.25) is 0 Å². The maximum atomic E-state index is 12.7. The molecule has 2 aromatic rings. The van der Waals surface area contributed by atoms with E-state index in [1.807, 2.05) is 24.3 Å². The fourth-order valence-electron chi connectivity index (χ4n) is 4.70. The Hall–Kier alpha value is -1.72. The molecular formula is C29H44O4. The van der Waals surface area contributed by atoms with Crippen LogP contribution in [0.1, 0.15) is 112 Å². The van der Waals surface area contributed by atoms with Crippen molar-refractivity contribution in [3.63, 3.8) is 0 Å².